The van der Waals surface area contributed by atoms with Crippen LogP contribution < -0.4 is 9.47 Å². The molecule has 1 unspecified atom stereocenters. The smallest absolute Gasteiger partial charge is 0.295 e. The zero-order valence-corrected chi connectivity index (χ0v) is 19.9. The van der Waals surface area contributed by atoms with Crippen molar-refractivity contribution < 1.29 is 24.2 Å². The molecule has 1 heterocycles. The van der Waals surface area contributed by atoms with E-state index in [1.54, 1.807) is 43.5 Å². The summed E-state index contributed by atoms with van der Waals surface area (Å²) in [5, 5.41) is 11.2. The quantitative estimate of drug-likeness (QED) is 0.193. The highest BCUT2D eigenvalue weighted by Crippen LogP contribution is 2.42. The number of Topliss-reactive ketones (excluding diaryl/α,β-unsaturated/α-hetero) is 1. The Balaban J connectivity index is 1.82. The Morgan fingerprint density at radius 3 is 2.29 bits per heavy atom. The lowest BCUT2D eigenvalue weighted by Gasteiger charge is -2.26. The summed E-state index contributed by atoms with van der Waals surface area (Å²) in [6.07, 6.45) is 1.92. The van der Waals surface area contributed by atoms with Crippen molar-refractivity contribution in [3.05, 3.63) is 101 Å². The van der Waals surface area contributed by atoms with E-state index in [0.29, 0.717) is 29.2 Å². The molecule has 4 rings (SSSR count). The van der Waals surface area contributed by atoms with Crippen molar-refractivity contribution in [2.24, 2.45) is 0 Å². The highest BCUT2D eigenvalue weighted by Gasteiger charge is 2.46. The lowest BCUT2D eigenvalue weighted by Crippen LogP contribution is -2.29. The molecule has 3 aromatic carbocycles. The number of rotatable bonds is 9. The number of ether oxygens (including phenoxy) is 2. The van der Waals surface area contributed by atoms with Crippen LogP contribution in [0.15, 0.2) is 84.4 Å². The second-order valence-electron chi connectivity index (χ2n) is 8.39. The topological polar surface area (TPSA) is 76.1 Å². The van der Waals surface area contributed by atoms with E-state index < -0.39 is 17.7 Å². The van der Waals surface area contributed by atoms with Crippen LogP contribution in [0.4, 0.5) is 0 Å². The zero-order chi connectivity index (χ0) is 24.8. The van der Waals surface area contributed by atoms with Gasteiger partial charge in [-0.2, -0.15) is 0 Å². The Kier molecular flexibility index (Phi) is 7.51. The minimum Gasteiger partial charge on any atom is -0.507 e. The number of carbonyl (C=O) groups excluding carboxylic acids is 2. The molecule has 0 aliphatic carbocycles. The first-order valence-corrected chi connectivity index (χ1v) is 11.7. The average molecular weight is 472 g/mol. The molecule has 0 bridgehead atoms. The van der Waals surface area contributed by atoms with Crippen LogP contribution >= 0.6 is 0 Å². The van der Waals surface area contributed by atoms with Gasteiger partial charge in [0.2, 0.25) is 0 Å². The van der Waals surface area contributed by atoms with E-state index in [2.05, 4.69) is 6.92 Å². The van der Waals surface area contributed by atoms with Crippen LogP contribution in [0, 0.1) is 0 Å². The Morgan fingerprint density at radius 2 is 1.63 bits per heavy atom. The molecule has 0 radical (unpaired) electrons. The van der Waals surface area contributed by atoms with Crippen molar-refractivity contribution in [1.82, 2.24) is 4.90 Å². The van der Waals surface area contributed by atoms with Gasteiger partial charge in [0.05, 0.1) is 25.3 Å². The van der Waals surface area contributed by atoms with Gasteiger partial charge < -0.3 is 19.5 Å². The van der Waals surface area contributed by atoms with Crippen LogP contribution in [0.1, 0.15) is 42.5 Å². The number of likely N-dealkylation sites (tertiary alicyclic amines) is 1. The molecule has 6 nitrogen and oxygen atoms in total. The van der Waals surface area contributed by atoms with Gasteiger partial charge in [-0.05, 0) is 29.7 Å². The molecule has 1 atom stereocenters. The van der Waals surface area contributed by atoms with Crippen LogP contribution in [0.3, 0.4) is 0 Å². The van der Waals surface area contributed by atoms with Crippen molar-refractivity contribution in [3.8, 4) is 11.5 Å². The molecule has 1 amide bonds. The fourth-order valence-electron chi connectivity index (χ4n) is 4.22. The summed E-state index contributed by atoms with van der Waals surface area (Å²) in [7, 11) is 1.55. The number of benzene rings is 3. The molecule has 1 aliphatic heterocycles. The Morgan fingerprint density at radius 1 is 0.943 bits per heavy atom. The van der Waals surface area contributed by atoms with Gasteiger partial charge >= 0.3 is 0 Å². The van der Waals surface area contributed by atoms with Crippen LogP contribution in [-0.2, 0) is 16.1 Å². The van der Waals surface area contributed by atoms with Crippen molar-refractivity contribution in [3.63, 3.8) is 0 Å². The molecule has 1 aliphatic rings. The van der Waals surface area contributed by atoms with Crippen LogP contribution in [-0.4, -0.2) is 35.4 Å². The van der Waals surface area contributed by atoms with E-state index >= 15 is 0 Å². The maximum atomic E-state index is 13.2. The number of methoxy groups -OCH3 is 1. The molecule has 6 heteroatoms. The van der Waals surface area contributed by atoms with Crippen molar-refractivity contribution >= 4 is 17.4 Å². The monoisotopic (exact) mass is 471 g/mol. The molecule has 180 valence electrons. The summed E-state index contributed by atoms with van der Waals surface area (Å²) >= 11 is 0. The van der Waals surface area contributed by atoms with Crippen molar-refractivity contribution in [1.29, 1.82) is 0 Å². The second-order valence-corrected chi connectivity index (χ2v) is 8.39. The summed E-state index contributed by atoms with van der Waals surface area (Å²) in [6, 6.07) is 22.9. The Hall–Kier alpha value is -4.06. The fraction of sp³-hybridized carbons (Fsp3) is 0.241. The number of hydrogen-bond donors (Lipinski definition) is 1. The summed E-state index contributed by atoms with van der Waals surface area (Å²) in [4.78, 5) is 27.9. The van der Waals surface area contributed by atoms with Crippen LogP contribution in [0.2, 0.25) is 0 Å². The second kappa shape index (κ2) is 10.9. The highest BCUT2D eigenvalue weighted by molar-refractivity contribution is 6.46. The number of nitrogens with zero attached hydrogens (tertiary/aromatic N) is 1. The number of hydrogen-bond acceptors (Lipinski definition) is 5. The average Bonchev–Trinajstić information content (AvgIpc) is 3.14. The van der Waals surface area contributed by atoms with Gasteiger partial charge in [-0.25, -0.2) is 0 Å². The van der Waals surface area contributed by atoms with Gasteiger partial charge in [0, 0.05) is 12.1 Å². The third-order valence-corrected chi connectivity index (χ3v) is 6.04. The maximum absolute atomic E-state index is 13.2. The Bertz CT molecular complexity index is 1220. The summed E-state index contributed by atoms with van der Waals surface area (Å²) in [5.74, 6) is -0.476. The van der Waals surface area contributed by atoms with E-state index in [4.69, 9.17) is 9.47 Å². The first kappa shape index (κ1) is 24.1. The first-order chi connectivity index (χ1) is 17.0. The van der Waals surface area contributed by atoms with E-state index in [1.165, 1.54) is 4.90 Å². The molecule has 0 saturated carbocycles. The highest BCUT2D eigenvalue weighted by atomic mass is 16.5. The lowest BCUT2D eigenvalue weighted by molar-refractivity contribution is -0.140. The molecule has 35 heavy (non-hydrogen) atoms. The number of unbranched alkanes of at least 4 members (excludes halogenated alkanes) is 1. The number of aliphatic hydroxyl groups excluding tert-OH is 1. The van der Waals surface area contributed by atoms with Gasteiger partial charge in [-0.3, -0.25) is 9.59 Å². The summed E-state index contributed by atoms with van der Waals surface area (Å²) in [6.45, 7) is 2.87. The van der Waals surface area contributed by atoms with E-state index in [-0.39, 0.29) is 17.9 Å². The minimum absolute atomic E-state index is 0.0545. The van der Waals surface area contributed by atoms with Crippen LogP contribution in [0.5, 0.6) is 11.5 Å². The predicted molar refractivity (Wildman–Crippen MR) is 134 cm³/mol. The maximum Gasteiger partial charge on any atom is 0.295 e. The zero-order valence-electron chi connectivity index (χ0n) is 19.9. The minimum atomic E-state index is -0.783. The number of aliphatic hydroxyl groups is 1. The third-order valence-electron chi connectivity index (χ3n) is 6.04. The third kappa shape index (κ3) is 5.06. The Labute approximate surface area is 205 Å². The molecule has 3 aromatic rings. The lowest BCUT2D eigenvalue weighted by atomic mass is 9.95. The normalized spacial score (nSPS) is 17.0. The van der Waals surface area contributed by atoms with E-state index in [9.17, 15) is 14.7 Å². The van der Waals surface area contributed by atoms with E-state index in [1.807, 2.05) is 42.5 Å². The van der Waals surface area contributed by atoms with Gasteiger partial charge in [0.1, 0.15) is 5.76 Å². The number of amides is 1. The van der Waals surface area contributed by atoms with Gasteiger partial charge in [0.15, 0.2) is 11.5 Å². The van der Waals surface area contributed by atoms with Crippen molar-refractivity contribution in [2.45, 2.75) is 32.4 Å². The van der Waals surface area contributed by atoms with Crippen LogP contribution in [0.25, 0.3) is 5.76 Å². The molecule has 1 fully saturated rings. The summed E-state index contributed by atoms with van der Waals surface area (Å²) < 4.78 is 11.4. The van der Waals surface area contributed by atoms with Gasteiger partial charge in [-0.15, -0.1) is 0 Å². The van der Waals surface area contributed by atoms with E-state index in [0.717, 1.165) is 18.4 Å². The molecule has 1 saturated heterocycles. The fourth-order valence-corrected chi connectivity index (χ4v) is 4.22. The van der Waals surface area contributed by atoms with Gasteiger partial charge in [-0.1, -0.05) is 80.1 Å². The summed E-state index contributed by atoms with van der Waals surface area (Å²) in [5.41, 5.74) is 2.06. The first-order valence-electron chi connectivity index (χ1n) is 11.7. The number of carbonyl (C=O) groups is 2. The number of ketones is 1. The SMILES string of the molecule is CCCCOc1ccc(C2/C(=C(\O)c3ccccc3)C(=O)C(=O)N2Cc2ccccc2)cc1OC. The standard InChI is InChI=1S/C29H29NO5/c1-3-4-17-35-23-16-15-22(18-24(23)34-2)26-25(27(31)21-13-9-6-10-14-21)28(32)29(33)30(26)19-20-11-7-5-8-12-20/h5-16,18,26,31H,3-4,17,19H2,1-2H3/b27-25+. The molecule has 0 aromatic heterocycles. The largest absolute Gasteiger partial charge is 0.507 e. The molecule has 0 spiro atoms. The predicted octanol–water partition coefficient (Wildman–Crippen LogP) is 5.50. The van der Waals surface area contributed by atoms with Gasteiger partial charge in [0.25, 0.3) is 11.7 Å². The van der Waals surface area contributed by atoms with Crippen molar-refractivity contribution in [2.75, 3.05) is 13.7 Å². The molecular weight excluding hydrogens is 442 g/mol. The molecular formula is C29H29NO5. The molecule has 1 N–H and O–H groups in total.